The van der Waals surface area contributed by atoms with Gasteiger partial charge in [0, 0.05) is 19.1 Å². The Morgan fingerprint density at radius 1 is 1.36 bits per heavy atom. The largest absolute Gasteiger partial charge is 0.491 e. The number of likely N-dealkylation sites (tertiary alicyclic amines) is 1. The average Bonchev–Trinajstić information content (AvgIpc) is 3.15. The summed E-state index contributed by atoms with van der Waals surface area (Å²) < 4.78 is 11.6. The summed E-state index contributed by atoms with van der Waals surface area (Å²) in [5, 5.41) is 0. The van der Waals surface area contributed by atoms with E-state index in [2.05, 4.69) is 53.9 Å². The molecule has 1 aliphatic heterocycles. The molecule has 1 aliphatic rings. The maximum atomic E-state index is 5.84. The van der Waals surface area contributed by atoms with Crippen molar-refractivity contribution in [3.05, 3.63) is 47.7 Å². The Bertz CT molecular complexity index is 683. The van der Waals surface area contributed by atoms with Crippen LogP contribution in [0.25, 0.3) is 0 Å². The van der Waals surface area contributed by atoms with Crippen molar-refractivity contribution in [2.24, 2.45) is 0 Å². The van der Waals surface area contributed by atoms with E-state index in [9.17, 15) is 0 Å². The highest BCUT2D eigenvalue weighted by molar-refractivity contribution is 5.28. The molecule has 5 heteroatoms. The molecule has 2 aromatic rings. The van der Waals surface area contributed by atoms with E-state index in [4.69, 9.17) is 9.15 Å². The zero-order chi connectivity index (χ0) is 17.8. The van der Waals surface area contributed by atoms with Crippen LogP contribution in [0.4, 0.5) is 0 Å². The van der Waals surface area contributed by atoms with Crippen LogP contribution in [-0.4, -0.2) is 47.1 Å². The fourth-order valence-electron chi connectivity index (χ4n) is 3.40. The molecule has 1 aromatic carbocycles. The molecule has 1 fully saturated rings. The van der Waals surface area contributed by atoms with Crippen LogP contribution in [0.3, 0.4) is 0 Å². The zero-order valence-electron chi connectivity index (χ0n) is 15.7. The van der Waals surface area contributed by atoms with Gasteiger partial charge in [-0.2, -0.15) is 0 Å². The molecule has 0 bridgehead atoms. The second-order valence-electron chi connectivity index (χ2n) is 7.29. The molecule has 1 atom stereocenters. The fourth-order valence-corrected chi connectivity index (χ4v) is 3.40. The smallest absolute Gasteiger partial charge is 0.208 e. The van der Waals surface area contributed by atoms with E-state index in [0.29, 0.717) is 6.04 Å². The molecule has 25 heavy (non-hydrogen) atoms. The lowest BCUT2D eigenvalue weighted by molar-refractivity contribution is 0.163. The summed E-state index contributed by atoms with van der Waals surface area (Å²) in [7, 11) is 2.19. The molecule has 3 rings (SSSR count). The van der Waals surface area contributed by atoms with Gasteiger partial charge in [-0.3, -0.25) is 4.90 Å². The number of likely N-dealkylation sites (N-methyl/N-ethyl adjacent to an activating group) is 1. The Labute approximate surface area is 150 Å². The number of rotatable bonds is 7. The minimum atomic E-state index is 0.185. The predicted molar refractivity (Wildman–Crippen MR) is 98.6 cm³/mol. The molecule has 1 unspecified atom stereocenters. The molecule has 0 N–H and O–H groups in total. The lowest BCUT2D eigenvalue weighted by Crippen LogP contribution is -2.36. The number of hydrogen-bond donors (Lipinski definition) is 0. The van der Waals surface area contributed by atoms with Crippen molar-refractivity contribution in [2.45, 2.75) is 52.4 Å². The van der Waals surface area contributed by atoms with Gasteiger partial charge in [-0.15, -0.1) is 0 Å². The first-order valence-electron chi connectivity index (χ1n) is 9.09. The second kappa shape index (κ2) is 8.02. The Hall–Kier alpha value is -1.85. The van der Waals surface area contributed by atoms with Gasteiger partial charge < -0.3 is 14.1 Å². The van der Waals surface area contributed by atoms with Crippen molar-refractivity contribution >= 4 is 0 Å². The molecule has 0 amide bonds. The number of aryl methyl sites for hydroxylation is 1. The van der Waals surface area contributed by atoms with Crippen molar-refractivity contribution in [2.75, 3.05) is 20.1 Å². The summed E-state index contributed by atoms with van der Waals surface area (Å²) in [5.74, 6) is 2.59. The summed E-state index contributed by atoms with van der Waals surface area (Å²) in [4.78, 5) is 9.26. The Kier molecular flexibility index (Phi) is 5.76. The number of benzene rings is 1. The molecule has 0 radical (unpaired) electrons. The van der Waals surface area contributed by atoms with E-state index in [0.717, 1.165) is 43.6 Å². The van der Waals surface area contributed by atoms with E-state index < -0.39 is 0 Å². The molecular weight excluding hydrogens is 314 g/mol. The number of aromatic nitrogens is 1. The van der Waals surface area contributed by atoms with Crippen LogP contribution in [-0.2, 0) is 13.1 Å². The quantitative estimate of drug-likeness (QED) is 0.770. The molecule has 0 aliphatic carbocycles. The van der Waals surface area contributed by atoms with Crippen LogP contribution < -0.4 is 4.74 Å². The number of oxazole rings is 1. The van der Waals surface area contributed by atoms with E-state index in [1.807, 2.05) is 13.0 Å². The van der Waals surface area contributed by atoms with E-state index >= 15 is 0 Å². The summed E-state index contributed by atoms with van der Waals surface area (Å²) in [5.41, 5.74) is 1.26. The van der Waals surface area contributed by atoms with Crippen LogP contribution in [0.15, 0.2) is 34.9 Å². The first-order valence-corrected chi connectivity index (χ1v) is 9.09. The van der Waals surface area contributed by atoms with E-state index in [-0.39, 0.29) is 6.10 Å². The van der Waals surface area contributed by atoms with E-state index in [1.54, 1.807) is 6.20 Å². The maximum Gasteiger partial charge on any atom is 0.208 e. The average molecular weight is 343 g/mol. The minimum absolute atomic E-state index is 0.185. The number of hydrogen-bond acceptors (Lipinski definition) is 5. The topological polar surface area (TPSA) is 41.7 Å². The summed E-state index contributed by atoms with van der Waals surface area (Å²) in [6.07, 6.45) is 3.16. The van der Waals surface area contributed by atoms with Gasteiger partial charge in [-0.1, -0.05) is 12.1 Å². The van der Waals surface area contributed by atoms with Gasteiger partial charge in [-0.25, -0.2) is 4.98 Å². The first kappa shape index (κ1) is 18.0. The molecule has 0 saturated carbocycles. The van der Waals surface area contributed by atoms with Crippen molar-refractivity contribution in [3.8, 4) is 5.75 Å². The molecule has 136 valence electrons. The van der Waals surface area contributed by atoms with Gasteiger partial charge in [0.25, 0.3) is 0 Å². The second-order valence-corrected chi connectivity index (χ2v) is 7.29. The third-order valence-electron chi connectivity index (χ3n) is 4.55. The third kappa shape index (κ3) is 5.06. The van der Waals surface area contributed by atoms with Gasteiger partial charge in [0.1, 0.15) is 11.5 Å². The van der Waals surface area contributed by atoms with Crippen molar-refractivity contribution < 1.29 is 9.15 Å². The normalized spacial score (nSPS) is 18.4. The highest BCUT2D eigenvalue weighted by Crippen LogP contribution is 2.22. The molecule has 2 heterocycles. The SMILES string of the molecule is Cc1cnc(CN(Cc2cccc(OC(C)C)c2)C2CCN(C)C2)o1. The van der Waals surface area contributed by atoms with Crippen molar-refractivity contribution in [1.82, 2.24) is 14.8 Å². The Morgan fingerprint density at radius 2 is 2.20 bits per heavy atom. The van der Waals surface area contributed by atoms with Crippen LogP contribution >= 0.6 is 0 Å². The van der Waals surface area contributed by atoms with Gasteiger partial charge in [0.15, 0.2) is 0 Å². The number of ether oxygens (including phenoxy) is 1. The van der Waals surface area contributed by atoms with Crippen LogP contribution in [0.5, 0.6) is 5.75 Å². The third-order valence-corrected chi connectivity index (χ3v) is 4.55. The highest BCUT2D eigenvalue weighted by atomic mass is 16.5. The highest BCUT2D eigenvalue weighted by Gasteiger charge is 2.27. The van der Waals surface area contributed by atoms with E-state index in [1.165, 1.54) is 12.0 Å². The van der Waals surface area contributed by atoms with Gasteiger partial charge >= 0.3 is 0 Å². The van der Waals surface area contributed by atoms with Gasteiger partial charge in [0.05, 0.1) is 18.8 Å². The minimum Gasteiger partial charge on any atom is -0.491 e. The Balaban J connectivity index is 1.74. The predicted octanol–water partition coefficient (Wildman–Crippen LogP) is 3.48. The molecule has 5 nitrogen and oxygen atoms in total. The maximum absolute atomic E-state index is 5.84. The molecule has 1 saturated heterocycles. The fraction of sp³-hybridized carbons (Fsp3) is 0.550. The van der Waals surface area contributed by atoms with Crippen molar-refractivity contribution in [3.63, 3.8) is 0 Å². The number of nitrogens with zero attached hydrogens (tertiary/aromatic N) is 3. The summed E-state index contributed by atoms with van der Waals surface area (Å²) in [6.45, 7) is 9.88. The van der Waals surface area contributed by atoms with Crippen LogP contribution in [0.1, 0.15) is 37.5 Å². The zero-order valence-corrected chi connectivity index (χ0v) is 15.7. The first-order chi connectivity index (χ1) is 12.0. The summed E-state index contributed by atoms with van der Waals surface area (Å²) in [6, 6.07) is 8.93. The van der Waals surface area contributed by atoms with Crippen molar-refractivity contribution in [1.29, 1.82) is 0 Å². The molecule has 0 spiro atoms. The van der Waals surface area contributed by atoms with Gasteiger partial charge in [-0.05, 0) is 58.5 Å². The summed E-state index contributed by atoms with van der Waals surface area (Å²) >= 11 is 0. The molecular formula is C20H29N3O2. The Morgan fingerprint density at radius 3 is 2.84 bits per heavy atom. The van der Waals surface area contributed by atoms with Crippen LogP contribution in [0, 0.1) is 6.92 Å². The monoisotopic (exact) mass is 343 g/mol. The van der Waals surface area contributed by atoms with Gasteiger partial charge in [0.2, 0.25) is 5.89 Å². The standard InChI is InChI=1S/C20H29N3O2/c1-15(2)24-19-7-5-6-17(10-19)12-23(18-8-9-22(4)13-18)14-20-21-11-16(3)25-20/h5-7,10-11,15,18H,8-9,12-14H2,1-4H3. The van der Waals surface area contributed by atoms with Crippen LogP contribution in [0.2, 0.25) is 0 Å². The lowest BCUT2D eigenvalue weighted by atomic mass is 10.1. The lowest BCUT2D eigenvalue weighted by Gasteiger charge is -2.28. The molecule has 1 aromatic heterocycles.